The maximum Gasteiger partial charge on any atom is 0.151 e. The Kier molecular flexibility index (Phi) is 6.16. The van der Waals surface area contributed by atoms with Crippen LogP contribution >= 0.6 is 15.9 Å². The summed E-state index contributed by atoms with van der Waals surface area (Å²) in [6.07, 6.45) is 0.688. The number of hydrogen-bond donors (Lipinski definition) is 1. The molecule has 0 aromatic heterocycles. The van der Waals surface area contributed by atoms with E-state index < -0.39 is 9.84 Å². The molecule has 1 aromatic carbocycles. The minimum Gasteiger partial charge on any atom is -0.312 e. The third-order valence-electron chi connectivity index (χ3n) is 2.32. The molecule has 0 saturated heterocycles. The van der Waals surface area contributed by atoms with Crippen molar-refractivity contribution in [1.82, 2.24) is 5.32 Å². The fraction of sp³-hybridized carbons (Fsp3) is 0.500. The van der Waals surface area contributed by atoms with Crippen LogP contribution in [0.15, 0.2) is 28.7 Å². The Balaban J connectivity index is 2.29. The molecule has 0 bridgehead atoms. The van der Waals surface area contributed by atoms with Crippen molar-refractivity contribution < 1.29 is 8.42 Å². The SMILES string of the molecule is CCCS(=O)(=O)CCNCc1cccc(Br)c1. The molecule has 0 aliphatic heterocycles. The quantitative estimate of drug-likeness (QED) is 0.785. The van der Waals surface area contributed by atoms with Gasteiger partial charge in [-0.05, 0) is 24.1 Å². The van der Waals surface area contributed by atoms with Gasteiger partial charge in [0.2, 0.25) is 0 Å². The first-order valence-corrected chi connectivity index (χ1v) is 8.30. The number of nitrogens with one attached hydrogen (secondary N) is 1. The van der Waals surface area contributed by atoms with Crippen molar-refractivity contribution in [2.45, 2.75) is 19.9 Å². The zero-order valence-corrected chi connectivity index (χ0v) is 12.4. The number of sulfone groups is 1. The summed E-state index contributed by atoms with van der Waals surface area (Å²) in [5, 5.41) is 3.14. The Labute approximate surface area is 112 Å². The Morgan fingerprint density at radius 1 is 1.29 bits per heavy atom. The highest BCUT2D eigenvalue weighted by atomic mass is 79.9. The second-order valence-corrected chi connectivity index (χ2v) is 7.18. The van der Waals surface area contributed by atoms with Crippen LogP contribution in [0.3, 0.4) is 0 Å². The molecular formula is C12H18BrNO2S. The molecule has 3 nitrogen and oxygen atoms in total. The van der Waals surface area contributed by atoms with Crippen molar-refractivity contribution in [3.8, 4) is 0 Å². The highest BCUT2D eigenvalue weighted by molar-refractivity contribution is 9.10. The molecule has 0 radical (unpaired) electrons. The van der Waals surface area contributed by atoms with Gasteiger partial charge in [-0.2, -0.15) is 0 Å². The average molecular weight is 320 g/mol. The number of halogens is 1. The topological polar surface area (TPSA) is 46.2 Å². The lowest BCUT2D eigenvalue weighted by Gasteiger charge is -2.06. The van der Waals surface area contributed by atoms with Gasteiger partial charge in [-0.3, -0.25) is 0 Å². The van der Waals surface area contributed by atoms with Gasteiger partial charge in [0.25, 0.3) is 0 Å². The van der Waals surface area contributed by atoms with E-state index in [2.05, 4.69) is 21.2 Å². The molecule has 0 fully saturated rings. The summed E-state index contributed by atoms with van der Waals surface area (Å²) >= 11 is 3.40. The normalized spacial score (nSPS) is 11.6. The lowest BCUT2D eigenvalue weighted by molar-refractivity contribution is 0.589. The zero-order chi connectivity index (χ0) is 12.7. The van der Waals surface area contributed by atoms with E-state index in [0.29, 0.717) is 19.5 Å². The first-order valence-electron chi connectivity index (χ1n) is 5.69. The van der Waals surface area contributed by atoms with E-state index in [1.54, 1.807) is 0 Å². The van der Waals surface area contributed by atoms with Gasteiger partial charge in [0.1, 0.15) is 0 Å². The molecule has 0 spiro atoms. The molecule has 0 atom stereocenters. The van der Waals surface area contributed by atoms with E-state index in [1.165, 1.54) is 0 Å². The second-order valence-electron chi connectivity index (χ2n) is 3.96. The molecule has 1 aromatic rings. The van der Waals surface area contributed by atoms with Crippen LogP contribution in [0, 0.1) is 0 Å². The molecule has 0 unspecified atom stereocenters. The molecule has 1 rings (SSSR count). The van der Waals surface area contributed by atoms with Crippen LogP contribution in [-0.4, -0.2) is 26.5 Å². The lowest BCUT2D eigenvalue weighted by atomic mass is 10.2. The Morgan fingerprint density at radius 3 is 2.71 bits per heavy atom. The first kappa shape index (κ1) is 14.7. The third-order valence-corrected chi connectivity index (χ3v) is 4.67. The highest BCUT2D eigenvalue weighted by Crippen LogP contribution is 2.11. The Hall–Kier alpha value is -0.390. The van der Waals surface area contributed by atoms with Gasteiger partial charge in [0.15, 0.2) is 9.84 Å². The number of benzene rings is 1. The molecule has 0 saturated carbocycles. The van der Waals surface area contributed by atoms with Crippen molar-refractivity contribution in [2.24, 2.45) is 0 Å². The molecule has 0 aliphatic carbocycles. The monoisotopic (exact) mass is 319 g/mol. The van der Waals surface area contributed by atoms with Crippen molar-refractivity contribution in [3.63, 3.8) is 0 Å². The van der Waals surface area contributed by atoms with Crippen LogP contribution in [0.4, 0.5) is 0 Å². The first-order chi connectivity index (χ1) is 8.03. The standard InChI is InChI=1S/C12H18BrNO2S/c1-2-7-17(15,16)8-6-14-10-11-4-3-5-12(13)9-11/h3-5,9,14H,2,6-8,10H2,1H3. The van der Waals surface area contributed by atoms with Crippen LogP contribution in [-0.2, 0) is 16.4 Å². The maximum absolute atomic E-state index is 11.4. The molecule has 0 heterocycles. The van der Waals surface area contributed by atoms with Gasteiger partial charge >= 0.3 is 0 Å². The van der Waals surface area contributed by atoms with E-state index in [9.17, 15) is 8.42 Å². The third kappa shape index (κ3) is 6.19. The van der Waals surface area contributed by atoms with Gasteiger partial charge in [0, 0.05) is 23.3 Å². The maximum atomic E-state index is 11.4. The van der Waals surface area contributed by atoms with E-state index in [-0.39, 0.29) is 11.5 Å². The van der Waals surface area contributed by atoms with Crippen molar-refractivity contribution in [3.05, 3.63) is 34.3 Å². The molecule has 0 amide bonds. The van der Waals surface area contributed by atoms with E-state index >= 15 is 0 Å². The van der Waals surface area contributed by atoms with E-state index in [1.807, 2.05) is 31.2 Å². The molecule has 17 heavy (non-hydrogen) atoms. The molecular weight excluding hydrogens is 302 g/mol. The van der Waals surface area contributed by atoms with Crippen molar-refractivity contribution in [1.29, 1.82) is 0 Å². The number of hydrogen-bond acceptors (Lipinski definition) is 3. The number of rotatable bonds is 7. The summed E-state index contributed by atoms with van der Waals surface area (Å²) < 4.78 is 23.9. The minimum absolute atomic E-state index is 0.217. The van der Waals surface area contributed by atoms with Crippen molar-refractivity contribution in [2.75, 3.05) is 18.1 Å². The zero-order valence-electron chi connectivity index (χ0n) is 9.95. The minimum atomic E-state index is -2.87. The predicted molar refractivity (Wildman–Crippen MR) is 74.8 cm³/mol. The van der Waals surface area contributed by atoms with Gasteiger partial charge in [-0.1, -0.05) is 35.0 Å². The Bertz CT molecular complexity index is 446. The molecule has 0 aliphatic rings. The van der Waals surface area contributed by atoms with Crippen LogP contribution in [0.1, 0.15) is 18.9 Å². The predicted octanol–water partition coefficient (Wildman–Crippen LogP) is 2.36. The fourth-order valence-corrected chi connectivity index (χ4v) is 3.25. The molecule has 1 N–H and O–H groups in total. The van der Waals surface area contributed by atoms with E-state index in [0.717, 1.165) is 10.0 Å². The van der Waals surface area contributed by atoms with Gasteiger partial charge in [0.05, 0.1) is 5.75 Å². The highest BCUT2D eigenvalue weighted by Gasteiger charge is 2.07. The lowest BCUT2D eigenvalue weighted by Crippen LogP contribution is -2.24. The van der Waals surface area contributed by atoms with Gasteiger partial charge in [-0.25, -0.2) is 8.42 Å². The summed E-state index contributed by atoms with van der Waals surface area (Å²) in [4.78, 5) is 0. The smallest absolute Gasteiger partial charge is 0.151 e. The molecule has 96 valence electrons. The second kappa shape index (κ2) is 7.13. The van der Waals surface area contributed by atoms with Crippen LogP contribution < -0.4 is 5.32 Å². The molecule has 5 heteroatoms. The van der Waals surface area contributed by atoms with Gasteiger partial charge < -0.3 is 5.32 Å². The summed E-state index contributed by atoms with van der Waals surface area (Å²) in [6, 6.07) is 7.97. The summed E-state index contributed by atoms with van der Waals surface area (Å²) in [6.45, 7) is 3.09. The summed E-state index contributed by atoms with van der Waals surface area (Å²) in [7, 11) is -2.87. The average Bonchev–Trinajstić information content (AvgIpc) is 2.24. The van der Waals surface area contributed by atoms with E-state index in [4.69, 9.17) is 0 Å². The summed E-state index contributed by atoms with van der Waals surface area (Å²) in [5.74, 6) is 0.500. The summed E-state index contributed by atoms with van der Waals surface area (Å²) in [5.41, 5.74) is 1.15. The fourth-order valence-electron chi connectivity index (χ4n) is 1.52. The van der Waals surface area contributed by atoms with Gasteiger partial charge in [-0.15, -0.1) is 0 Å². The van der Waals surface area contributed by atoms with Crippen LogP contribution in [0.2, 0.25) is 0 Å². The van der Waals surface area contributed by atoms with Crippen LogP contribution in [0.25, 0.3) is 0 Å². The Morgan fingerprint density at radius 2 is 2.06 bits per heavy atom. The van der Waals surface area contributed by atoms with Crippen LogP contribution in [0.5, 0.6) is 0 Å². The largest absolute Gasteiger partial charge is 0.312 e. The van der Waals surface area contributed by atoms with Crippen molar-refractivity contribution >= 4 is 25.8 Å².